The van der Waals surface area contributed by atoms with Crippen LogP contribution >= 0.6 is 0 Å². The van der Waals surface area contributed by atoms with E-state index in [1.165, 1.54) is 11.3 Å². The van der Waals surface area contributed by atoms with Crippen LogP contribution in [0, 0.1) is 6.92 Å². The third-order valence-electron chi connectivity index (χ3n) is 5.05. The number of carbonyl (C=O) groups is 1. The maximum absolute atomic E-state index is 12.1. The van der Waals surface area contributed by atoms with Crippen LogP contribution in [0.3, 0.4) is 0 Å². The van der Waals surface area contributed by atoms with Crippen LogP contribution < -0.4 is 15.1 Å². The number of aryl methyl sites for hydroxylation is 1. The normalized spacial score (nSPS) is 11.5. The highest BCUT2D eigenvalue weighted by molar-refractivity contribution is 5.83. The Bertz CT molecular complexity index is 861. The maximum atomic E-state index is 12.1. The lowest BCUT2D eigenvalue weighted by atomic mass is 9.86. The molecule has 1 N–H and O–H groups in total. The molecule has 1 amide bonds. The Balaban J connectivity index is 1.86. The second kappa shape index (κ2) is 11.5. The van der Waals surface area contributed by atoms with Crippen molar-refractivity contribution in [2.75, 3.05) is 24.6 Å². The van der Waals surface area contributed by atoms with Gasteiger partial charge in [0.1, 0.15) is 5.75 Å². The Morgan fingerprint density at radius 3 is 2.26 bits per heavy atom. The molecule has 0 unspecified atom stereocenters. The zero-order valence-electron chi connectivity index (χ0n) is 19.9. The summed E-state index contributed by atoms with van der Waals surface area (Å²) < 4.78 is 5.67. The van der Waals surface area contributed by atoms with Crippen LogP contribution in [0.2, 0.25) is 0 Å². The average molecular weight is 424 g/mol. The number of hydrogen-bond acceptors (Lipinski definition) is 4. The van der Waals surface area contributed by atoms with Crippen molar-refractivity contribution in [2.45, 2.75) is 59.8 Å². The van der Waals surface area contributed by atoms with Crippen molar-refractivity contribution in [3.8, 4) is 5.75 Å². The molecular formula is C26H37N3O2. The van der Waals surface area contributed by atoms with E-state index in [2.05, 4.69) is 68.2 Å². The Morgan fingerprint density at radius 1 is 1.06 bits per heavy atom. The van der Waals surface area contributed by atoms with Crippen LogP contribution in [-0.2, 0) is 10.2 Å². The van der Waals surface area contributed by atoms with Crippen LogP contribution in [0.5, 0.6) is 5.75 Å². The lowest BCUT2D eigenvalue weighted by Gasteiger charge is -2.23. The lowest BCUT2D eigenvalue weighted by Crippen LogP contribution is -2.25. The Morgan fingerprint density at radius 2 is 1.71 bits per heavy atom. The van der Waals surface area contributed by atoms with Gasteiger partial charge in [0.2, 0.25) is 0 Å². The fourth-order valence-corrected chi connectivity index (χ4v) is 3.31. The first-order valence-electron chi connectivity index (χ1n) is 11.2. The molecule has 0 fully saturated rings. The molecular weight excluding hydrogens is 386 g/mol. The summed E-state index contributed by atoms with van der Waals surface area (Å²) in [6.07, 6.45) is 3.89. The highest BCUT2D eigenvalue weighted by Crippen LogP contribution is 2.27. The summed E-state index contributed by atoms with van der Waals surface area (Å²) in [5.74, 6) is 0.427. The predicted molar refractivity (Wildman–Crippen MR) is 130 cm³/mol. The van der Waals surface area contributed by atoms with E-state index in [0.29, 0.717) is 5.75 Å². The quantitative estimate of drug-likeness (QED) is 0.408. The van der Waals surface area contributed by atoms with Gasteiger partial charge in [-0.15, -0.1) is 0 Å². The van der Waals surface area contributed by atoms with Gasteiger partial charge in [-0.25, -0.2) is 5.43 Å². The van der Waals surface area contributed by atoms with Crippen molar-refractivity contribution in [3.63, 3.8) is 0 Å². The van der Waals surface area contributed by atoms with Crippen molar-refractivity contribution in [2.24, 2.45) is 5.10 Å². The fourth-order valence-electron chi connectivity index (χ4n) is 3.31. The molecule has 5 heteroatoms. The molecule has 2 aromatic carbocycles. The number of rotatable bonds is 10. The molecule has 5 nitrogen and oxygen atoms in total. The van der Waals surface area contributed by atoms with E-state index in [-0.39, 0.29) is 17.9 Å². The molecule has 0 aliphatic rings. The molecule has 0 bridgehead atoms. The second-order valence-corrected chi connectivity index (χ2v) is 8.89. The maximum Gasteiger partial charge on any atom is 0.277 e. The number of hydrogen-bond donors (Lipinski definition) is 1. The number of nitrogens with one attached hydrogen (secondary N) is 1. The zero-order valence-corrected chi connectivity index (χ0v) is 19.9. The molecule has 0 saturated heterocycles. The number of benzene rings is 2. The summed E-state index contributed by atoms with van der Waals surface area (Å²) in [6.45, 7) is 14.9. The van der Waals surface area contributed by atoms with E-state index in [4.69, 9.17) is 4.74 Å². The first-order valence-corrected chi connectivity index (χ1v) is 11.2. The van der Waals surface area contributed by atoms with Crippen molar-refractivity contribution in [1.82, 2.24) is 5.43 Å². The first-order chi connectivity index (χ1) is 14.7. The smallest absolute Gasteiger partial charge is 0.277 e. The fraction of sp³-hybridized carbons (Fsp3) is 0.462. The van der Waals surface area contributed by atoms with Gasteiger partial charge in [-0.05, 0) is 60.1 Å². The van der Waals surface area contributed by atoms with E-state index in [9.17, 15) is 4.79 Å². The monoisotopic (exact) mass is 423 g/mol. The topological polar surface area (TPSA) is 53.9 Å². The molecule has 0 radical (unpaired) electrons. The van der Waals surface area contributed by atoms with Crippen molar-refractivity contribution in [3.05, 3.63) is 59.2 Å². The number of hydrazone groups is 1. The van der Waals surface area contributed by atoms with Crippen molar-refractivity contribution in [1.29, 1.82) is 0 Å². The van der Waals surface area contributed by atoms with E-state index < -0.39 is 0 Å². The molecule has 168 valence electrons. The van der Waals surface area contributed by atoms with Crippen LogP contribution in [0.15, 0.2) is 47.6 Å². The third-order valence-corrected chi connectivity index (χ3v) is 5.05. The lowest BCUT2D eigenvalue weighted by molar-refractivity contribution is -0.123. The molecule has 0 spiro atoms. The minimum absolute atomic E-state index is 0.0744. The number of carbonyl (C=O) groups excluding carboxylic acids is 1. The number of amides is 1. The van der Waals surface area contributed by atoms with Gasteiger partial charge >= 0.3 is 0 Å². The van der Waals surface area contributed by atoms with E-state index in [1.807, 2.05) is 31.2 Å². The minimum Gasteiger partial charge on any atom is -0.483 e. The molecule has 0 saturated carbocycles. The van der Waals surface area contributed by atoms with E-state index >= 15 is 0 Å². The summed E-state index contributed by atoms with van der Waals surface area (Å²) in [4.78, 5) is 14.5. The van der Waals surface area contributed by atoms with Crippen LogP contribution in [-0.4, -0.2) is 31.8 Å². The average Bonchev–Trinajstić information content (AvgIpc) is 2.72. The molecule has 0 aliphatic carbocycles. The van der Waals surface area contributed by atoms with Crippen molar-refractivity contribution >= 4 is 17.8 Å². The standard InChI is InChI=1S/C26H37N3O2/c1-7-15-29(16-8-2)23-12-9-21(10-13-23)18-27-28-25(30)19-31-24-14-11-22(17-20(24)3)26(4,5)6/h9-14,17-18H,7-8,15-16,19H2,1-6H3,(H,28,30)/b27-18+. The summed E-state index contributed by atoms with van der Waals surface area (Å²) in [5, 5.41) is 4.05. The molecule has 31 heavy (non-hydrogen) atoms. The first kappa shape index (κ1) is 24.4. The Labute approximate surface area is 187 Å². The van der Waals surface area contributed by atoms with Gasteiger partial charge in [-0.3, -0.25) is 4.79 Å². The van der Waals surface area contributed by atoms with Gasteiger partial charge in [0.25, 0.3) is 5.91 Å². The number of ether oxygens (including phenoxy) is 1. The molecule has 0 heterocycles. The van der Waals surface area contributed by atoms with Gasteiger partial charge in [0, 0.05) is 18.8 Å². The second-order valence-electron chi connectivity index (χ2n) is 8.89. The summed E-state index contributed by atoms with van der Waals surface area (Å²) in [7, 11) is 0. The molecule has 0 aliphatic heterocycles. The SMILES string of the molecule is CCCN(CCC)c1ccc(/C=N/NC(=O)COc2ccc(C(C)(C)C)cc2C)cc1. The molecule has 0 atom stereocenters. The zero-order chi connectivity index (χ0) is 22.9. The van der Waals surface area contributed by atoms with Crippen LogP contribution in [0.4, 0.5) is 5.69 Å². The summed E-state index contributed by atoms with van der Waals surface area (Å²) in [5.41, 5.74) is 7.02. The van der Waals surface area contributed by atoms with Crippen molar-refractivity contribution < 1.29 is 9.53 Å². The van der Waals surface area contributed by atoms with E-state index in [0.717, 1.165) is 37.1 Å². The molecule has 2 rings (SSSR count). The third kappa shape index (κ3) is 7.74. The van der Waals surface area contributed by atoms with Gasteiger partial charge in [0.15, 0.2) is 6.61 Å². The minimum atomic E-state index is -0.288. The van der Waals surface area contributed by atoms with E-state index in [1.54, 1.807) is 6.21 Å². The van der Waals surface area contributed by atoms with Gasteiger partial charge in [-0.1, -0.05) is 58.9 Å². The highest BCUT2D eigenvalue weighted by atomic mass is 16.5. The molecule has 2 aromatic rings. The Kier molecular flexibility index (Phi) is 9.10. The summed E-state index contributed by atoms with van der Waals surface area (Å²) >= 11 is 0. The Hall–Kier alpha value is -2.82. The number of nitrogens with zero attached hydrogens (tertiary/aromatic N) is 2. The van der Waals surface area contributed by atoms with Crippen LogP contribution in [0.1, 0.15) is 64.2 Å². The number of anilines is 1. The molecule has 0 aromatic heterocycles. The highest BCUT2D eigenvalue weighted by Gasteiger charge is 2.15. The van der Waals surface area contributed by atoms with Gasteiger partial charge < -0.3 is 9.64 Å². The van der Waals surface area contributed by atoms with Gasteiger partial charge in [-0.2, -0.15) is 5.10 Å². The van der Waals surface area contributed by atoms with Gasteiger partial charge in [0.05, 0.1) is 6.21 Å². The van der Waals surface area contributed by atoms with Crippen LogP contribution in [0.25, 0.3) is 0 Å². The summed E-state index contributed by atoms with van der Waals surface area (Å²) in [6, 6.07) is 14.3. The largest absolute Gasteiger partial charge is 0.483 e. The predicted octanol–water partition coefficient (Wildman–Crippen LogP) is 5.45.